The minimum Gasteiger partial charge on any atom is -0.355 e. The summed E-state index contributed by atoms with van der Waals surface area (Å²) in [4.78, 5) is 28.3. The molecule has 2 N–H and O–H groups in total. The summed E-state index contributed by atoms with van der Waals surface area (Å²) in [6, 6.07) is 14.1. The number of rotatable bonds is 6. The molecule has 1 saturated heterocycles. The van der Waals surface area contributed by atoms with Gasteiger partial charge in [-0.1, -0.05) is 47.0 Å². The van der Waals surface area contributed by atoms with Crippen LogP contribution in [0.2, 0.25) is 0 Å². The summed E-state index contributed by atoms with van der Waals surface area (Å²) in [6.45, 7) is 7.06. The van der Waals surface area contributed by atoms with Crippen molar-refractivity contribution < 1.29 is 8.42 Å². The zero-order chi connectivity index (χ0) is 25.3. The predicted molar refractivity (Wildman–Crippen MR) is 136 cm³/mol. The SMILES string of the molecule is Cc1ccc(S(=O)(=O)N2CCN(c3cc(=O)n(Cc4cc(C)cc(C)c4)c(=O)n3CN)CC2)cc1. The van der Waals surface area contributed by atoms with E-state index < -0.39 is 21.3 Å². The molecule has 0 radical (unpaired) electrons. The first kappa shape index (κ1) is 24.9. The number of anilines is 1. The lowest BCUT2D eigenvalue weighted by Crippen LogP contribution is -2.51. The summed E-state index contributed by atoms with van der Waals surface area (Å²) >= 11 is 0. The smallest absolute Gasteiger partial charge is 0.333 e. The van der Waals surface area contributed by atoms with Crippen molar-refractivity contribution in [3.8, 4) is 0 Å². The van der Waals surface area contributed by atoms with Gasteiger partial charge in [-0.25, -0.2) is 13.2 Å². The monoisotopic (exact) mass is 497 g/mol. The van der Waals surface area contributed by atoms with Crippen molar-refractivity contribution >= 4 is 15.8 Å². The van der Waals surface area contributed by atoms with Crippen LogP contribution >= 0.6 is 0 Å². The lowest BCUT2D eigenvalue weighted by atomic mass is 10.1. The number of hydrogen-bond donors (Lipinski definition) is 1. The molecule has 0 atom stereocenters. The minimum absolute atomic E-state index is 0.0941. The number of hydrogen-bond acceptors (Lipinski definition) is 6. The Balaban J connectivity index is 1.57. The van der Waals surface area contributed by atoms with Gasteiger partial charge in [-0.2, -0.15) is 4.31 Å². The molecule has 1 aliphatic rings. The van der Waals surface area contributed by atoms with Crippen LogP contribution in [0, 0.1) is 20.8 Å². The third-order valence-corrected chi connectivity index (χ3v) is 8.20. The molecule has 9 nitrogen and oxygen atoms in total. The van der Waals surface area contributed by atoms with Crippen molar-refractivity contribution in [2.75, 3.05) is 31.1 Å². The van der Waals surface area contributed by atoms with E-state index >= 15 is 0 Å². The molecule has 3 aromatic rings. The highest BCUT2D eigenvalue weighted by Gasteiger charge is 2.29. The number of aromatic nitrogens is 2. The maximum Gasteiger partial charge on any atom is 0.333 e. The number of nitrogens with two attached hydrogens (primary N) is 1. The summed E-state index contributed by atoms with van der Waals surface area (Å²) in [5.41, 5.74) is 8.99. The van der Waals surface area contributed by atoms with E-state index in [4.69, 9.17) is 5.73 Å². The Morgan fingerprint density at radius 3 is 1.97 bits per heavy atom. The first-order chi connectivity index (χ1) is 16.6. The Morgan fingerprint density at radius 2 is 1.40 bits per heavy atom. The van der Waals surface area contributed by atoms with Gasteiger partial charge in [-0.05, 0) is 38.5 Å². The zero-order valence-electron chi connectivity index (χ0n) is 20.3. The van der Waals surface area contributed by atoms with Crippen LogP contribution in [0.15, 0.2) is 63.0 Å². The second-order valence-electron chi connectivity index (χ2n) is 9.02. The van der Waals surface area contributed by atoms with E-state index in [-0.39, 0.29) is 31.2 Å². The van der Waals surface area contributed by atoms with Gasteiger partial charge in [-0.15, -0.1) is 0 Å². The van der Waals surface area contributed by atoms with Gasteiger partial charge in [0.25, 0.3) is 5.56 Å². The quantitative estimate of drug-likeness (QED) is 0.551. The van der Waals surface area contributed by atoms with Gasteiger partial charge in [-0.3, -0.25) is 13.9 Å². The van der Waals surface area contributed by atoms with Crippen molar-refractivity contribution in [3.63, 3.8) is 0 Å². The van der Waals surface area contributed by atoms with E-state index in [1.807, 2.05) is 43.9 Å². The summed E-state index contributed by atoms with van der Waals surface area (Å²) in [7, 11) is -3.62. The van der Waals surface area contributed by atoms with Crippen LogP contribution in [0.5, 0.6) is 0 Å². The Labute approximate surface area is 205 Å². The molecule has 186 valence electrons. The van der Waals surface area contributed by atoms with Gasteiger partial charge in [0.15, 0.2) is 0 Å². The molecular formula is C25H31N5O4S. The second-order valence-corrected chi connectivity index (χ2v) is 11.0. The highest BCUT2D eigenvalue weighted by Crippen LogP contribution is 2.20. The molecule has 0 saturated carbocycles. The third-order valence-electron chi connectivity index (χ3n) is 6.28. The van der Waals surface area contributed by atoms with Crippen LogP contribution in [0.3, 0.4) is 0 Å². The molecule has 0 unspecified atom stereocenters. The largest absolute Gasteiger partial charge is 0.355 e. The standard InChI is InChI=1S/C25H31N5O4S/c1-18-4-6-22(7-5-18)35(33,34)28-10-8-27(9-11-28)23-15-24(31)29(25(32)30(23)17-26)16-21-13-19(2)12-20(3)14-21/h4-7,12-15H,8-11,16-17,26H2,1-3H3. The molecule has 0 aliphatic carbocycles. The number of aryl methyl sites for hydroxylation is 3. The topological polar surface area (TPSA) is 111 Å². The molecule has 2 aromatic carbocycles. The number of piperazine rings is 1. The van der Waals surface area contributed by atoms with Gasteiger partial charge in [0, 0.05) is 32.2 Å². The molecule has 10 heteroatoms. The van der Waals surface area contributed by atoms with Gasteiger partial charge >= 0.3 is 5.69 Å². The van der Waals surface area contributed by atoms with Crippen LogP contribution in [0.25, 0.3) is 0 Å². The molecule has 0 spiro atoms. The van der Waals surface area contributed by atoms with Crippen LogP contribution in [0.4, 0.5) is 5.82 Å². The van der Waals surface area contributed by atoms with E-state index in [9.17, 15) is 18.0 Å². The Hall–Kier alpha value is -3.21. The number of sulfonamides is 1. The summed E-state index contributed by atoms with van der Waals surface area (Å²) < 4.78 is 30.0. The molecule has 4 rings (SSSR count). The highest BCUT2D eigenvalue weighted by atomic mass is 32.2. The van der Waals surface area contributed by atoms with E-state index in [1.165, 1.54) is 19.5 Å². The molecule has 2 heterocycles. The highest BCUT2D eigenvalue weighted by molar-refractivity contribution is 7.89. The minimum atomic E-state index is -3.62. The Kier molecular flexibility index (Phi) is 6.98. The molecule has 1 fully saturated rings. The zero-order valence-corrected chi connectivity index (χ0v) is 21.1. The lowest BCUT2D eigenvalue weighted by Gasteiger charge is -2.36. The van der Waals surface area contributed by atoms with Gasteiger partial charge in [0.1, 0.15) is 5.82 Å². The van der Waals surface area contributed by atoms with Crippen LogP contribution in [0.1, 0.15) is 22.3 Å². The summed E-state index contributed by atoms with van der Waals surface area (Å²) in [5.74, 6) is 0.409. The first-order valence-electron chi connectivity index (χ1n) is 11.5. The van der Waals surface area contributed by atoms with E-state index in [0.717, 1.165) is 22.3 Å². The van der Waals surface area contributed by atoms with Crippen LogP contribution in [-0.4, -0.2) is 48.0 Å². The van der Waals surface area contributed by atoms with Crippen molar-refractivity contribution in [2.45, 2.75) is 38.9 Å². The molecule has 0 bridgehead atoms. The molecule has 1 aliphatic heterocycles. The molecule has 1 aromatic heterocycles. The van der Waals surface area contributed by atoms with Crippen LogP contribution < -0.4 is 21.9 Å². The Bertz CT molecular complexity index is 1430. The normalized spacial score (nSPS) is 14.9. The predicted octanol–water partition coefficient (Wildman–Crippen LogP) is 1.41. The second kappa shape index (κ2) is 9.80. The maximum absolute atomic E-state index is 13.2. The summed E-state index contributed by atoms with van der Waals surface area (Å²) in [5, 5.41) is 0. The number of benzene rings is 2. The average Bonchev–Trinajstić information content (AvgIpc) is 2.81. The lowest BCUT2D eigenvalue weighted by molar-refractivity contribution is 0.380. The third kappa shape index (κ3) is 5.09. The average molecular weight is 498 g/mol. The van der Waals surface area contributed by atoms with Crippen molar-refractivity contribution in [3.05, 3.63) is 91.6 Å². The van der Waals surface area contributed by atoms with Crippen molar-refractivity contribution in [2.24, 2.45) is 5.73 Å². The fraction of sp³-hybridized carbons (Fsp3) is 0.360. The van der Waals surface area contributed by atoms with Crippen molar-refractivity contribution in [1.82, 2.24) is 13.4 Å². The fourth-order valence-corrected chi connectivity index (χ4v) is 5.97. The fourth-order valence-electron chi connectivity index (χ4n) is 4.54. The van der Waals surface area contributed by atoms with Crippen LogP contribution in [-0.2, 0) is 23.2 Å². The Morgan fingerprint density at radius 1 is 0.800 bits per heavy atom. The van der Waals surface area contributed by atoms with Gasteiger partial charge < -0.3 is 10.6 Å². The molecule has 0 amide bonds. The van der Waals surface area contributed by atoms with E-state index in [1.54, 1.807) is 24.3 Å². The molecule has 35 heavy (non-hydrogen) atoms. The van der Waals surface area contributed by atoms with Gasteiger partial charge in [0.2, 0.25) is 10.0 Å². The van der Waals surface area contributed by atoms with Crippen molar-refractivity contribution in [1.29, 1.82) is 0 Å². The van der Waals surface area contributed by atoms with Gasteiger partial charge in [0.05, 0.1) is 18.1 Å². The van der Waals surface area contributed by atoms with E-state index in [2.05, 4.69) is 0 Å². The molecular weight excluding hydrogens is 466 g/mol. The maximum atomic E-state index is 13.2. The summed E-state index contributed by atoms with van der Waals surface area (Å²) in [6.07, 6.45) is 0. The number of nitrogens with zero attached hydrogens (tertiary/aromatic N) is 4. The van der Waals surface area contributed by atoms with E-state index in [0.29, 0.717) is 18.9 Å². The first-order valence-corrected chi connectivity index (χ1v) is 13.0.